The Bertz CT molecular complexity index is 726. The molecule has 22 heavy (non-hydrogen) atoms. The molecule has 0 radical (unpaired) electrons. The third kappa shape index (κ3) is 3.37. The van der Waals surface area contributed by atoms with E-state index in [1.807, 2.05) is 0 Å². The van der Waals surface area contributed by atoms with Gasteiger partial charge in [-0.25, -0.2) is 17.4 Å². The summed E-state index contributed by atoms with van der Waals surface area (Å²) in [5.74, 6) is 0. The number of fused-ring (bicyclic) bond motifs is 1. The Labute approximate surface area is 129 Å². The van der Waals surface area contributed by atoms with Crippen LogP contribution < -0.4 is 11.1 Å². The molecule has 0 saturated carbocycles. The fraction of sp³-hybridized carbons (Fsp3) is 0.538. The minimum absolute atomic E-state index is 0.0856. The average Bonchev–Trinajstić information content (AvgIpc) is 2.96. The molecule has 1 heterocycles. The van der Waals surface area contributed by atoms with E-state index in [4.69, 9.17) is 10.4 Å². The maximum atomic E-state index is 12.3. The van der Waals surface area contributed by atoms with Crippen molar-refractivity contribution in [2.24, 2.45) is 5.73 Å². The van der Waals surface area contributed by atoms with Crippen molar-refractivity contribution >= 4 is 26.7 Å². The van der Waals surface area contributed by atoms with Gasteiger partial charge < -0.3 is 11.1 Å². The van der Waals surface area contributed by atoms with Gasteiger partial charge in [0.25, 0.3) is 0 Å². The van der Waals surface area contributed by atoms with Gasteiger partial charge in [-0.3, -0.25) is 0 Å². The molecule has 0 amide bonds. The Hall–Kier alpha value is -1.71. The first-order valence-electron chi connectivity index (χ1n) is 7.10. The van der Waals surface area contributed by atoms with E-state index in [9.17, 15) is 8.42 Å². The number of aromatic nitrogens is 2. The second-order valence-corrected chi connectivity index (χ2v) is 7.26. The number of sulfonamides is 1. The van der Waals surface area contributed by atoms with E-state index in [0.717, 1.165) is 30.1 Å². The third-order valence-electron chi connectivity index (χ3n) is 3.33. The quantitative estimate of drug-likeness (QED) is 0.695. The monoisotopic (exact) mass is 327 g/mol. The van der Waals surface area contributed by atoms with Gasteiger partial charge in [-0.2, -0.15) is 0 Å². The molecule has 0 aliphatic rings. The highest BCUT2D eigenvalue weighted by Crippen LogP contribution is 2.28. The third-order valence-corrected chi connectivity index (χ3v) is 5.18. The standard InChI is InChI=1S/C13H21N5O3S/c1-18(2)22(19,20)11-7-6-10(12-13(11)17-21-16-12)15-9-5-3-4-8-14/h6-7,15H,3-5,8-9,14H2,1-2H3. The smallest absolute Gasteiger partial charge is 0.244 e. The van der Waals surface area contributed by atoms with Crippen molar-refractivity contribution in [3.8, 4) is 0 Å². The van der Waals surface area contributed by atoms with Crippen LogP contribution in [0.4, 0.5) is 5.69 Å². The zero-order chi connectivity index (χ0) is 16.2. The molecule has 1 aromatic heterocycles. The highest BCUT2D eigenvalue weighted by molar-refractivity contribution is 7.89. The number of nitrogens with zero attached hydrogens (tertiary/aromatic N) is 3. The van der Waals surface area contributed by atoms with Crippen LogP contribution in [-0.4, -0.2) is 50.2 Å². The lowest BCUT2D eigenvalue weighted by Gasteiger charge is -2.12. The topological polar surface area (TPSA) is 114 Å². The lowest BCUT2D eigenvalue weighted by Crippen LogP contribution is -2.22. The van der Waals surface area contributed by atoms with Gasteiger partial charge in [0.1, 0.15) is 4.90 Å². The van der Waals surface area contributed by atoms with Crippen LogP contribution in [0.2, 0.25) is 0 Å². The normalized spacial score (nSPS) is 12.2. The van der Waals surface area contributed by atoms with Gasteiger partial charge in [0.15, 0.2) is 11.0 Å². The molecular weight excluding hydrogens is 306 g/mol. The SMILES string of the molecule is CN(C)S(=O)(=O)c1ccc(NCCCCCN)c2nonc12. The number of nitrogens with two attached hydrogens (primary N) is 1. The molecule has 8 nitrogen and oxygen atoms in total. The maximum absolute atomic E-state index is 12.3. The highest BCUT2D eigenvalue weighted by Gasteiger charge is 2.24. The Morgan fingerprint density at radius 3 is 2.59 bits per heavy atom. The first-order chi connectivity index (χ1) is 10.5. The summed E-state index contributed by atoms with van der Waals surface area (Å²) in [6.07, 6.45) is 3.00. The van der Waals surface area contributed by atoms with Gasteiger partial charge in [-0.15, -0.1) is 0 Å². The van der Waals surface area contributed by atoms with Crippen LogP contribution in [0.1, 0.15) is 19.3 Å². The van der Waals surface area contributed by atoms with E-state index in [1.54, 1.807) is 6.07 Å². The van der Waals surface area contributed by atoms with Crippen molar-refractivity contribution in [3.63, 3.8) is 0 Å². The number of rotatable bonds is 8. The minimum atomic E-state index is -3.59. The van der Waals surface area contributed by atoms with Gasteiger partial charge in [0, 0.05) is 20.6 Å². The molecular formula is C13H21N5O3S. The minimum Gasteiger partial charge on any atom is -0.383 e. The number of benzene rings is 1. The zero-order valence-electron chi connectivity index (χ0n) is 12.7. The van der Waals surface area contributed by atoms with E-state index in [1.165, 1.54) is 20.2 Å². The van der Waals surface area contributed by atoms with Crippen LogP contribution in [0.25, 0.3) is 11.0 Å². The fourth-order valence-corrected chi connectivity index (χ4v) is 3.07. The summed E-state index contributed by atoms with van der Waals surface area (Å²) in [4.78, 5) is 0.0856. The van der Waals surface area contributed by atoms with E-state index in [2.05, 4.69) is 15.6 Å². The van der Waals surface area contributed by atoms with Gasteiger partial charge >= 0.3 is 0 Å². The predicted molar refractivity (Wildman–Crippen MR) is 84.1 cm³/mol. The molecule has 0 fully saturated rings. The average molecular weight is 327 g/mol. The molecule has 3 N–H and O–H groups in total. The summed E-state index contributed by atoms with van der Waals surface area (Å²) >= 11 is 0. The second kappa shape index (κ2) is 7.03. The van der Waals surface area contributed by atoms with Crippen LogP contribution in [0.3, 0.4) is 0 Å². The lowest BCUT2D eigenvalue weighted by atomic mass is 10.2. The summed E-state index contributed by atoms with van der Waals surface area (Å²) in [7, 11) is -0.652. The Balaban J connectivity index is 2.24. The van der Waals surface area contributed by atoms with Crippen molar-refractivity contribution in [2.45, 2.75) is 24.2 Å². The summed E-state index contributed by atoms with van der Waals surface area (Å²) in [5, 5.41) is 10.8. The zero-order valence-corrected chi connectivity index (χ0v) is 13.6. The van der Waals surface area contributed by atoms with E-state index < -0.39 is 10.0 Å². The van der Waals surface area contributed by atoms with Gasteiger partial charge in [-0.1, -0.05) is 6.42 Å². The molecule has 0 aliphatic heterocycles. The molecule has 2 rings (SSSR count). The van der Waals surface area contributed by atoms with E-state index >= 15 is 0 Å². The van der Waals surface area contributed by atoms with Crippen LogP contribution in [0.5, 0.6) is 0 Å². The molecule has 0 aliphatic carbocycles. The summed E-state index contributed by atoms with van der Waals surface area (Å²) in [6.45, 7) is 1.44. The molecule has 122 valence electrons. The van der Waals surface area contributed by atoms with Crippen molar-refractivity contribution in [1.82, 2.24) is 14.6 Å². The number of unbranched alkanes of at least 4 members (excludes halogenated alkanes) is 2. The van der Waals surface area contributed by atoms with Crippen molar-refractivity contribution in [1.29, 1.82) is 0 Å². The van der Waals surface area contributed by atoms with Crippen molar-refractivity contribution in [3.05, 3.63) is 12.1 Å². The molecule has 0 saturated heterocycles. The van der Waals surface area contributed by atoms with Gasteiger partial charge in [0.2, 0.25) is 10.0 Å². The van der Waals surface area contributed by atoms with Crippen molar-refractivity contribution < 1.29 is 13.0 Å². The maximum Gasteiger partial charge on any atom is 0.244 e. The first-order valence-corrected chi connectivity index (χ1v) is 8.54. The number of hydrogen-bond acceptors (Lipinski definition) is 7. The van der Waals surface area contributed by atoms with Crippen LogP contribution >= 0.6 is 0 Å². The molecule has 0 atom stereocenters. The molecule has 1 aromatic carbocycles. The van der Waals surface area contributed by atoms with Gasteiger partial charge in [0.05, 0.1) is 5.69 Å². The molecule has 2 aromatic rings. The predicted octanol–water partition coefficient (Wildman–Crippen LogP) is 1.01. The fourth-order valence-electron chi connectivity index (χ4n) is 2.06. The molecule has 0 bridgehead atoms. The molecule has 0 spiro atoms. The Kier molecular flexibility index (Phi) is 5.33. The first kappa shape index (κ1) is 16.7. The van der Waals surface area contributed by atoms with Crippen LogP contribution in [-0.2, 0) is 10.0 Å². The lowest BCUT2D eigenvalue weighted by molar-refractivity contribution is 0.315. The summed E-state index contributed by atoms with van der Waals surface area (Å²) in [5.41, 5.74) is 6.82. The van der Waals surface area contributed by atoms with Crippen molar-refractivity contribution in [2.75, 3.05) is 32.5 Å². The van der Waals surface area contributed by atoms with Crippen LogP contribution in [0, 0.1) is 0 Å². The highest BCUT2D eigenvalue weighted by atomic mass is 32.2. The van der Waals surface area contributed by atoms with E-state index in [0.29, 0.717) is 17.7 Å². The largest absolute Gasteiger partial charge is 0.383 e. The second-order valence-electron chi connectivity index (χ2n) is 5.14. The number of nitrogens with one attached hydrogen (secondary N) is 1. The van der Waals surface area contributed by atoms with E-state index in [-0.39, 0.29) is 10.4 Å². The summed E-state index contributed by atoms with van der Waals surface area (Å²) < 4.78 is 30.4. The molecule has 0 unspecified atom stereocenters. The number of anilines is 1. The Morgan fingerprint density at radius 2 is 1.91 bits per heavy atom. The van der Waals surface area contributed by atoms with Gasteiger partial charge in [-0.05, 0) is 41.8 Å². The van der Waals surface area contributed by atoms with Crippen LogP contribution in [0.15, 0.2) is 21.7 Å². The number of hydrogen-bond donors (Lipinski definition) is 2. The summed E-state index contributed by atoms with van der Waals surface area (Å²) in [6, 6.07) is 3.20. The molecule has 9 heteroatoms. The Morgan fingerprint density at radius 1 is 1.18 bits per heavy atom.